The average molecular weight is 215 g/mol. The predicted octanol–water partition coefficient (Wildman–Crippen LogP) is 2.29. The van der Waals surface area contributed by atoms with Gasteiger partial charge in [0.2, 0.25) is 0 Å². The fourth-order valence-electron chi connectivity index (χ4n) is 2.27. The number of rotatable bonds is 2. The summed E-state index contributed by atoms with van der Waals surface area (Å²) in [5.41, 5.74) is 2.33. The van der Waals surface area contributed by atoms with Gasteiger partial charge in [-0.1, -0.05) is 30.2 Å². The van der Waals surface area contributed by atoms with Crippen LogP contribution in [0, 0.1) is 12.3 Å². The first-order valence-corrected chi connectivity index (χ1v) is 5.25. The SMILES string of the molecule is C#CCN(C(=O)O)C1CCc2ccccc21. The molecule has 0 fully saturated rings. The van der Waals surface area contributed by atoms with E-state index in [9.17, 15) is 4.79 Å². The van der Waals surface area contributed by atoms with Gasteiger partial charge in [0, 0.05) is 0 Å². The second-order valence-electron chi connectivity index (χ2n) is 3.87. The lowest BCUT2D eigenvalue weighted by Gasteiger charge is -2.24. The van der Waals surface area contributed by atoms with Gasteiger partial charge in [-0.3, -0.25) is 4.90 Å². The van der Waals surface area contributed by atoms with Crippen molar-refractivity contribution in [1.29, 1.82) is 0 Å². The van der Waals surface area contributed by atoms with Gasteiger partial charge in [0.25, 0.3) is 0 Å². The number of carboxylic acid groups (broad SMARTS) is 1. The van der Waals surface area contributed by atoms with Gasteiger partial charge in [0.1, 0.15) is 0 Å². The van der Waals surface area contributed by atoms with Crippen molar-refractivity contribution in [2.75, 3.05) is 6.54 Å². The third-order valence-electron chi connectivity index (χ3n) is 2.98. The number of fused-ring (bicyclic) bond motifs is 1. The molecule has 0 spiro atoms. The molecule has 1 aromatic rings. The average Bonchev–Trinajstić information content (AvgIpc) is 2.69. The van der Waals surface area contributed by atoms with Crippen LogP contribution in [0.15, 0.2) is 24.3 Å². The highest BCUT2D eigenvalue weighted by Crippen LogP contribution is 2.35. The molecular weight excluding hydrogens is 202 g/mol. The van der Waals surface area contributed by atoms with Crippen molar-refractivity contribution >= 4 is 6.09 Å². The lowest BCUT2D eigenvalue weighted by molar-refractivity contribution is 0.132. The van der Waals surface area contributed by atoms with Crippen molar-refractivity contribution in [3.8, 4) is 12.3 Å². The van der Waals surface area contributed by atoms with Gasteiger partial charge in [-0.15, -0.1) is 6.42 Å². The number of hydrogen-bond acceptors (Lipinski definition) is 1. The molecule has 16 heavy (non-hydrogen) atoms. The Hall–Kier alpha value is -1.95. The first-order valence-electron chi connectivity index (χ1n) is 5.25. The largest absolute Gasteiger partial charge is 0.465 e. The summed E-state index contributed by atoms with van der Waals surface area (Å²) in [6.07, 6.45) is 6.01. The van der Waals surface area contributed by atoms with Crippen LogP contribution in [-0.2, 0) is 6.42 Å². The molecule has 1 amide bonds. The summed E-state index contributed by atoms with van der Waals surface area (Å²) < 4.78 is 0. The van der Waals surface area contributed by atoms with Gasteiger partial charge in [0.05, 0.1) is 12.6 Å². The summed E-state index contributed by atoms with van der Waals surface area (Å²) in [6, 6.07) is 7.87. The maximum absolute atomic E-state index is 11.1. The van der Waals surface area contributed by atoms with Gasteiger partial charge >= 0.3 is 6.09 Å². The molecule has 1 aliphatic rings. The van der Waals surface area contributed by atoms with Gasteiger partial charge in [0.15, 0.2) is 0 Å². The topological polar surface area (TPSA) is 40.5 Å². The number of terminal acetylenes is 1. The molecule has 0 radical (unpaired) electrons. The van der Waals surface area contributed by atoms with Crippen molar-refractivity contribution in [1.82, 2.24) is 4.90 Å². The summed E-state index contributed by atoms with van der Waals surface area (Å²) in [5.74, 6) is 2.40. The van der Waals surface area contributed by atoms with Crippen LogP contribution in [0.2, 0.25) is 0 Å². The lowest BCUT2D eigenvalue weighted by Crippen LogP contribution is -2.32. The fraction of sp³-hybridized carbons (Fsp3) is 0.308. The number of aryl methyl sites for hydroxylation is 1. The Bertz CT molecular complexity index is 447. The smallest absolute Gasteiger partial charge is 0.408 e. The standard InChI is InChI=1S/C13H13NO2/c1-2-9-14(13(15)16)12-8-7-10-5-3-4-6-11(10)12/h1,3-6,12H,7-9H2,(H,15,16). The maximum atomic E-state index is 11.1. The molecule has 3 heteroatoms. The van der Waals surface area contributed by atoms with Crippen LogP contribution in [0.3, 0.4) is 0 Å². The summed E-state index contributed by atoms with van der Waals surface area (Å²) >= 11 is 0. The molecule has 0 aliphatic heterocycles. The van der Waals surface area contributed by atoms with Gasteiger partial charge < -0.3 is 5.11 Å². The van der Waals surface area contributed by atoms with Crippen LogP contribution >= 0.6 is 0 Å². The van der Waals surface area contributed by atoms with Crippen molar-refractivity contribution in [2.24, 2.45) is 0 Å². The third kappa shape index (κ3) is 1.74. The van der Waals surface area contributed by atoms with E-state index in [0.717, 1.165) is 18.4 Å². The van der Waals surface area contributed by atoms with Crippen molar-refractivity contribution < 1.29 is 9.90 Å². The molecule has 0 heterocycles. The zero-order chi connectivity index (χ0) is 11.5. The van der Waals surface area contributed by atoms with E-state index in [1.165, 1.54) is 10.5 Å². The molecule has 1 atom stereocenters. The maximum Gasteiger partial charge on any atom is 0.408 e. The van der Waals surface area contributed by atoms with E-state index in [4.69, 9.17) is 11.5 Å². The fourth-order valence-corrected chi connectivity index (χ4v) is 2.27. The Morgan fingerprint density at radius 2 is 2.31 bits per heavy atom. The summed E-state index contributed by atoms with van der Waals surface area (Å²) in [4.78, 5) is 12.5. The van der Waals surface area contributed by atoms with E-state index in [1.54, 1.807) is 0 Å². The van der Waals surface area contributed by atoms with E-state index >= 15 is 0 Å². The van der Waals surface area contributed by atoms with E-state index in [1.807, 2.05) is 24.3 Å². The highest BCUT2D eigenvalue weighted by molar-refractivity contribution is 5.66. The number of benzene rings is 1. The quantitative estimate of drug-likeness (QED) is 0.769. The van der Waals surface area contributed by atoms with Gasteiger partial charge in [-0.05, 0) is 24.0 Å². The molecule has 1 aromatic carbocycles. The molecule has 0 bridgehead atoms. The van der Waals surface area contributed by atoms with E-state index in [-0.39, 0.29) is 12.6 Å². The Morgan fingerprint density at radius 3 is 3.00 bits per heavy atom. The molecule has 3 nitrogen and oxygen atoms in total. The normalized spacial score (nSPS) is 17.6. The van der Waals surface area contributed by atoms with Crippen LogP contribution in [0.5, 0.6) is 0 Å². The zero-order valence-electron chi connectivity index (χ0n) is 8.89. The Labute approximate surface area is 94.7 Å². The highest BCUT2D eigenvalue weighted by Gasteiger charge is 2.29. The minimum atomic E-state index is -0.945. The Morgan fingerprint density at radius 1 is 1.56 bits per heavy atom. The predicted molar refractivity (Wildman–Crippen MR) is 61.1 cm³/mol. The molecular formula is C13H13NO2. The van der Waals surface area contributed by atoms with Crippen LogP contribution < -0.4 is 0 Å². The second kappa shape index (κ2) is 4.28. The Balaban J connectivity index is 2.30. The third-order valence-corrected chi connectivity index (χ3v) is 2.98. The minimum Gasteiger partial charge on any atom is -0.465 e. The first-order chi connectivity index (χ1) is 7.74. The van der Waals surface area contributed by atoms with Crippen molar-refractivity contribution in [3.63, 3.8) is 0 Å². The zero-order valence-corrected chi connectivity index (χ0v) is 8.89. The van der Waals surface area contributed by atoms with Crippen LogP contribution in [-0.4, -0.2) is 22.6 Å². The molecule has 1 unspecified atom stereocenters. The highest BCUT2D eigenvalue weighted by atomic mass is 16.4. The van der Waals surface area contributed by atoms with Crippen molar-refractivity contribution in [3.05, 3.63) is 35.4 Å². The number of carbonyl (C=O) groups is 1. The minimum absolute atomic E-state index is 0.0789. The number of amides is 1. The van der Waals surface area contributed by atoms with E-state index in [0.29, 0.717) is 0 Å². The second-order valence-corrected chi connectivity index (χ2v) is 3.87. The molecule has 0 saturated carbocycles. The number of nitrogens with zero attached hydrogens (tertiary/aromatic N) is 1. The molecule has 82 valence electrons. The number of hydrogen-bond donors (Lipinski definition) is 1. The molecule has 0 aromatic heterocycles. The van der Waals surface area contributed by atoms with Crippen LogP contribution in [0.25, 0.3) is 0 Å². The Kier molecular flexibility index (Phi) is 2.82. The van der Waals surface area contributed by atoms with Crippen molar-refractivity contribution in [2.45, 2.75) is 18.9 Å². The summed E-state index contributed by atoms with van der Waals surface area (Å²) in [7, 11) is 0. The summed E-state index contributed by atoms with van der Waals surface area (Å²) in [6.45, 7) is 0.147. The van der Waals surface area contributed by atoms with Crippen LogP contribution in [0.1, 0.15) is 23.6 Å². The lowest BCUT2D eigenvalue weighted by atomic mass is 10.1. The van der Waals surface area contributed by atoms with E-state index in [2.05, 4.69) is 5.92 Å². The first kappa shape index (κ1) is 10.6. The van der Waals surface area contributed by atoms with E-state index < -0.39 is 6.09 Å². The summed E-state index contributed by atoms with van der Waals surface area (Å²) in [5, 5.41) is 9.12. The molecule has 0 saturated heterocycles. The monoisotopic (exact) mass is 215 g/mol. The van der Waals surface area contributed by atoms with Gasteiger partial charge in [-0.25, -0.2) is 4.79 Å². The van der Waals surface area contributed by atoms with Gasteiger partial charge in [-0.2, -0.15) is 0 Å². The molecule has 2 rings (SSSR count). The molecule has 1 N–H and O–H groups in total. The van der Waals surface area contributed by atoms with Crippen LogP contribution in [0.4, 0.5) is 4.79 Å². The molecule has 1 aliphatic carbocycles.